The van der Waals surface area contributed by atoms with Crippen molar-refractivity contribution < 1.29 is 75.9 Å². The molecule has 17 nitrogen and oxygen atoms in total. The average molecular weight is 1060 g/mol. The number of esters is 1. The summed E-state index contributed by atoms with van der Waals surface area (Å²) in [6.45, 7) is 1.98. The van der Waals surface area contributed by atoms with Gasteiger partial charge in [-0.2, -0.15) is 13.2 Å². The number of rotatable bonds is 13. The second-order valence-electron chi connectivity index (χ2n) is 13.2. The Morgan fingerprint density at radius 2 is 1.58 bits per heavy atom. The van der Waals surface area contributed by atoms with Crippen molar-refractivity contribution in [1.82, 2.24) is 14.7 Å². The fourth-order valence-electron chi connectivity index (χ4n) is 4.56. The quantitative estimate of drug-likeness (QED) is 0.0303. The molecule has 1 unspecified atom stereocenters. The van der Waals surface area contributed by atoms with Crippen molar-refractivity contribution >= 4 is 106 Å². The minimum absolute atomic E-state index is 0.0246. The molecule has 358 valence electrons. The first-order chi connectivity index (χ1) is 30.1. The number of benzene rings is 3. The molecular formula is C37H40Cl3F4N4O13PS3. The lowest BCUT2D eigenvalue weighted by molar-refractivity contribution is -0.193. The predicted molar refractivity (Wildman–Crippen MR) is 237 cm³/mol. The van der Waals surface area contributed by atoms with Gasteiger partial charge in [-0.25, -0.2) is 23.7 Å². The number of carbonyl (C=O) groups excluding carboxylic acids is 1. The van der Waals surface area contributed by atoms with E-state index in [2.05, 4.69) is 23.8 Å². The van der Waals surface area contributed by atoms with Gasteiger partial charge in [-0.15, -0.1) is 11.8 Å². The molecule has 0 bridgehead atoms. The highest BCUT2D eigenvalue weighted by atomic mass is 35.5. The first-order valence-corrected chi connectivity index (χ1v) is 25.2. The third-order valence-corrected chi connectivity index (χ3v) is 10.9. The van der Waals surface area contributed by atoms with Crippen LogP contribution in [-0.4, -0.2) is 96.9 Å². The molecule has 2 heterocycles. The smallest absolute Gasteiger partial charge is 0.416 e. The Labute approximate surface area is 393 Å². The molecule has 5 N–H and O–H groups in total. The summed E-state index contributed by atoms with van der Waals surface area (Å²) in [5.41, 5.74) is -1.08. The van der Waals surface area contributed by atoms with Gasteiger partial charge in [0.15, 0.2) is 6.10 Å². The van der Waals surface area contributed by atoms with Crippen molar-refractivity contribution in [2.45, 2.75) is 50.0 Å². The number of thioether (sulfide) groups is 1. The molecule has 0 amide bonds. The van der Waals surface area contributed by atoms with Crippen molar-refractivity contribution in [3.05, 3.63) is 95.0 Å². The Morgan fingerprint density at radius 3 is 2.12 bits per heavy atom. The Balaban J connectivity index is 0.000000348. The van der Waals surface area contributed by atoms with E-state index < -0.39 is 68.0 Å². The van der Waals surface area contributed by atoms with E-state index in [1.807, 2.05) is 5.32 Å². The summed E-state index contributed by atoms with van der Waals surface area (Å²) in [7, 11) is -3.71. The van der Waals surface area contributed by atoms with Crippen LogP contribution in [0.4, 0.5) is 23.2 Å². The largest absolute Gasteiger partial charge is 0.778 e. The maximum absolute atomic E-state index is 14.2. The van der Waals surface area contributed by atoms with E-state index in [1.165, 1.54) is 18.2 Å². The van der Waals surface area contributed by atoms with Crippen molar-refractivity contribution in [2.75, 3.05) is 37.4 Å². The monoisotopic (exact) mass is 1060 g/mol. The van der Waals surface area contributed by atoms with E-state index in [0.29, 0.717) is 39.7 Å². The van der Waals surface area contributed by atoms with Gasteiger partial charge in [0.25, 0.3) is 0 Å². The molecule has 28 heteroatoms. The number of aliphatic carboxylic acids is 3. The molecule has 0 radical (unpaired) electrons. The number of carboxylic acid groups (broad SMARTS) is 3. The molecule has 2 atom stereocenters. The maximum Gasteiger partial charge on any atom is 0.416 e. The number of fused-ring (bicyclic) bond motifs is 1. The number of aromatic nitrogens is 2. The first kappa shape index (κ1) is 57.0. The van der Waals surface area contributed by atoms with Gasteiger partial charge in [0.2, 0.25) is 4.80 Å². The molecule has 0 spiro atoms. The highest BCUT2D eigenvalue weighted by Gasteiger charge is 2.31. The van der Waals surface area contributed by atoms with Crippen LogP contribution in [0.5, 0.6) is 11.5 Å². The van der Waals surface area contributed by atoms with Crippen molar-refractivity contribution in [3.8, 4) is 11.5 Å². The van der Waals surface area contributed by atoms with E-state index >= 15 is 0 Å². The predicted octanol–water partition coefficient (Wildman–Crippen LogP) is 6.80. The number of nitrogens with one attached hydrogen (secondary N) is 1. The van der Waals surface area contributed by atoms with Crippen molar-refractivity contribution in [2.24, 2.45) is 4.99 Å². The van der Waals surface area contributed by atoms with Crippen LogP contribution < -0.4 is 24.6 Å². The number of hydrogen-bond donors (Lipinski definition) is 5. The topological polar surface area (TPSA) is 259 Å². The van der Waals surface area contributed by atoms with E-state index in [1.54, 1.807) is 9.36 Å². The zero-order valence-electron chi connectivity index (χ0n) is 34.3. The Hall–Kier alpha value is -4.10. The molecule has 1 aromatic heterocycles. The maximum atomic E-state index is 14.2. The summed E-state index contributed by atoms with van der Waals surface area (Å²) in [6.07, 6.45) is 1.79. The molecule has 0 saturated heterocycles. The lowest BCUT2D eigenvalue weighted by Gasteiger charge is -2.15. The zero-order valence-corrected chi connectivity index (χ0v) is 39.9. The van der Waals surface area contributed by atoms with Crippen LogP contribution in [0, 0.1) is 5.82 Å². The van der Waals surface area contributed by atoms with Crippen LogP contribution >= 0.6 is 65.5 Å². The van der Waals surface area contributed by atoms with Crippen LogP contribution in [0.25, 0.3) is 0 Å². The third kappa shape index (κ3) is 20.5. The van der Waals surface area contributed by atoms with Crippen LogP contribution in [0.15, 0.2) is 63.2 Å². The summed E-state index contributed by atoms with van der Waals surface area (Å²) in [5, 5.41) is 27.3. The summed E-state index contributed by atoms with van der Waals surface area (Å²) in [4.78, 5) is 78.2. The highest BCUT2D eigenvalue weighted by Crippen LogP contribution is 2.37. The van der Waals surface area contributed by atoms with E-state index in [4.69, 9.17) is 64.5 Å². The second-order valence-corrected chi connectivity index (χ2v) is 20.4. The van der Waals surface area contributed by atoms with Gasteiger partial charge >= 0.3 is 34.9 Å². The molecule has 3 aromatic carbocycles. The van der Waals surface area contributed by atoms with E-state index in [0.717, 1.165) is 67.1 Å². The summed E-state index contributed by atoms with van der Waals surface area (Å²) in [6, 6.07) is 8.86. The van der Waals surface area contributed by atoms with Crippen molar-refractivity contribution in [3.63, 3.8) is 0 Å². The lowest BCUT2D eigenvalue weighted by atomic mass is 10.2. The van der Waals surface area contributed by atoms with Gasteiger partial charge in [0.05, 0.1) is 63.5 Å². The zero-order chi connectivity index (χ0) is 49.4. The number of carbonyl (C=O) groups is 4. The van der Waals surface area contributed by atoms with Crippen LogP contribution in [0.2, 0.25) is 15.1 Å². The number of alkyl halides is 3. The Kier molecular flexibility index (Phi) is 23.1. The molecule has 4 aromatic rings. The summed E-state index contributed by atoms with van der Waals surface area (Å²) >= 11 is 19.6. The molecular weight excluding hydrogens is 1020 g/mol. The molecule has 65 heavy (non-hydrogen) atoms. The van der Waals surface area contributed by atoms with Crippen molar-refractivity contribution in [1.29, 1.82) is 0 Å². The lowest BCUT2D eigenvalue weighted by Crippen LogP contribution is -2.31. The SMILES string of the molecule is C[C@H](OC(=O)c1cc(Oc2ccc(C(F)(F)F)cc2Cl)ccc1Cl)C(=O)O.C[S+](C)C.O=C(O)CNCP(=O)([O-])O.O=C(O)CSc1cc(N=c2sc(=O)n3n2CCCC3)c(F)cc1Cl. The van der Waals surface area contributed by atoms with Gasteiger partial charge in [0.1, 0.15) is 30.6 Å². The van der Waals surface area contributed by atoms with Gasteiger partial charge < -0.3 is 39.1 Å². The number of halogens is 7. The van der Waals surface area contributed by atoms with Crippen LogP contribution in [0.3, 0.4) is 0 Å². The standard InChI is InChI=1S/C17H11Cl2F3O5.C14H13ClFN3O3S2.C3H8NO5P.C3H9S/c1-8(15(23)24)26-16(25)11-7-10(3-4-12(11)18)27-14-5-2-9(6-13(14)19)17(20,21)22;15-8-5-9(16)10(6-11(8)23-7-12(20)21)17-13-18-3-1-2-4-19(18)14(22)24-13;5-3(6)1-4-2-10(7,8)9;1-4(2)3/h2-8H,1H3,(H,23,24);5-6H,1-4,7H2,(H,20,21);4H,1-2H2,(H,5,6)(H2,7,8,9);1-3H3/q;;;+1/p-1/t8-;;;/m0.../s1. The molecule has 0 aliphatic carbocycles. The van der Waals surface area contributed by atoms with Crippen LogP contribution in [0.1, 0.15) is 35.7 Å². The number of ether oxygens (including phenoxy) is 2. The average Bonchev–Trinajstić information content (AvgIpc) is 3.50. The number of nitrogens with zero attached hydrogens (tertiary/aromatic N) is 3. The Bertz CT molecular complexity index is 2500. The van der Waals surface area contributed by atoms with E-state index in [-0.39, 0.29) is 48.4 Å². The molecule has 0 saturated carbocycles. The molecule has 5 rings (SSSR count). The highest BCUT2D eigenvalue weighted by molar-refractivity contribution is 8.00. The van der Waals surface area contributed by atoms with Gasteiger partial charge in [-0.1, -0.05) is 34.8 Å². The fraction of sp³-hybridized carbons (Fsp3) is 0.351. The molecule has 1 aliphatic rings. The molecule has 0 fully saturated rings. The normalized spacial score (nSPS) is 13.6. The van der Waals surface area contributed by atoms with Gasteiger partial charge in [0, 0.05) is 18.0 Å². The van der Waals surface area contributed by atoms with Gasteiger partial charge in [-0.05, 0) is 90.5 Å². The van der Waals surface area contributed by atoms with Crippen LogP contribution in [-0.2, 0) is 53.8 Å². The Morgan fingerprint density at radius 1 is 0.969 bits per heavy atom. The van der Waals surface area contributed by atoms with E-state index in [9.17, 15) is 51.0 Å². The minimum Gasteiger partial charge on any atom is -0.778 e. The second kappa shape index (κ2) is 26.3. The summed E-state index contributed by atoms with van der Waals surface area (Å²) < 4.78 is 75.6. The fourth-order valence-corrected chi connectivity index (χ4v) is 7.25. The number of carboxylic acids is 3. The van der Waals surface area contributed by atoms with Gasteiger partial charge in [-0.3, -0.25) is 24.4 Å². The molecule has 1 aliphatic heterocycles. The number of hydrogen-bond acceptors (Lipinski definition) is 13. The minimum atomic E-state index is -4.56. The summed E-state index contributed by atoms with van der Waals surface area (Å²) in [5.74, 6) is -5.35. The first-order valence-electron chi connectivity index (χ1n) is 18.0. The third-order valence-electron chi connectivity index (χ3n) is 7.32.